The van der Waals surface area contributed by atoms with Gasteiger partial charge in [0.2, 0.25) is 5.91 Å². The molecule has 1 aromatic carbocycles. The van der Waals surface area contributed by atoms with Crippen LogP contribution in [0.4, 0.5) is 5.82 Å². The minimum absolute atomic E-state index is 0.0438. The summed E-state index contributed by atoms with van der Waals surface area (Å²) >= 11 is 0. The second-order valence-corrected chi connectivity index (χ2v) is 4.39. The lowest BCUT2D eigenvalue weighted by atomic mass is 10.1. The molecule has 0 bridgehead atoms. The lowest BCUT2D eigenvalue weighted by Crippen LogP contribution is -2.34. The Morgan fingerprint density at radius 1 is 1.35 bits per heavy atom. The molecule has 2 aromatic rings. The Morgan fingerprint density at radius 3 is 2.70 bits per heavy atom. The van der Waals surface area contributed by atoms with Crippen LogP contribution in [0.1, 0.15) is 10.4 Å². The monoisotopic (exact) mass is 273 g/mol. The number of carboxylic acids is 1. The van der Waals surface area contributed by atoms with Gasteiger partial charge < -0.3 is 15.3 Å². The summed E-state index contributed by atoms with van der Waals surface area (Å²) in [6.45, 7) is 0.0438. The molecule has 0 aliphatic heterocycles. The van der Waals surface area contributed by atoms with Gasteiger partial charge in [-0.05, 0) is 12.1 Å². The third-order valence-electron chi connectivity index (χ3n) is 2.96. The predicted molar refractivity (Wildman–Crippen MR) is 76.0 cm³/mol. The number of nitrogens with zero attached hydrogens (tertiary/aromatic N) is 2. The summed E-state index contributed by atoms with van der Waals surface area (Å²) in [6, 6.07) is 8.83. The number of para-hydroxylation sites is 1. The number of benzene rings is 1. The lowest BCUT2D eigenvalue weighted by molar-refractivity contribution is -0.119. The molecular formula is C14H15N3O3. The van der Waals surface area contributed by atoms with Crippen molar-refractivity contribution in [3.63, 3.8) is 0 Å². The van der Waals surface area contributed by atoms with Gasteiger partial charge in [-0.25, -0.2) is 9.78 Å². The van der Waals surface area contributed by atoms with Crippen LogP contribution >= 0.6 is 0 Å². The van der Waals surface area contributed by atoms with Crippen LogP contribution in [0.15, 0.2) is 30.3 Å². The van der Waals surface area contributed by atoms with Crippen LogP contribution < -0.4 is 10.2 Å². The van der Waals surface area contributed by atoms with E-state index in [2.05, 4.69) is 10.3 Å². The number of carbonyl (C=O) groups is 2. The molecule has 1 heterocycles. The van der Waals surface area contributed by atoms with E-state index in [1.165, 1.54) is 11.9 Å². The van der Waals surface area contributed by atoms with Crippen LogP contribution in [0, 0.1) is 0 Å². The summed E-state index contributed by atoms with van der Waals surface area (Å²) in [5, 5.41) is 12.5. The Morgan fingerprint density at radius 2 is 2.05 bits per heavy atom. The van der Waals surface area contributed by atoms with E-state index in [1.807, 2.05) is 12.1 Å². The maximum Gasteiger partial charge on any atom is 0.339 e. The van der Waals surface area contributed by atoms with Crippen molar-refractivity contribution in [3.05, 3.63) is 35.9 Å². The molecule has 0 spiro atoms. The predicted octanol–water partition coefficient (Wildman–Crippen LogP) is 1.12. The number of hydrogen-bond donors (Lipinski definition) is 2. The van der Waals surface area contributed by atoms with Gasteiger partial charge in [0.15, 0.2) is 0 Å². The van der Waals surface area contributed by atoms with Gasteiger partial charge in [-0.2, -0.15) is 0 Å². The normalized spacial score (nSPS) is 10.3. The van der Waals surface area contributed by atoms with E-state index in [4.69, 9.17) is 0 Å². The van der Waals surface area contributed by atoms with Crippen molar-refractivity contribution in [1.82, 2.24) is 10.3 Å². The van der Waals surface area contributed by atoms with Crippen molar-refractivity contribution in [3.8, 4) is 0 Å². The number of anilines is 1. The molecule has 0 atom stereocenters. The molecule has 6 nitrogen and oxygen atoms in total. The van der Waals surface area contributed by atoms with Crippen molar-refractivity contribution in [2.45, 2.75) is 0 Å². The summed E-state index contributed by atoms with van der Waals surface area (Å²) in [7, 11) is 3.17. The number of aromatic nitrogens is 1. The molecule has 0 aliphatic rings. The minimum Gasteiger partial charge on any atom is -0.478 e. The van der Waals surface area contributed by atoms with E-state index in [1.54, 1.807) is 25.2 Å². The number of pyridine rings is 1. The van der Waals surface area contributed by atoms with Gasteiger partial charge in [-0.1, -0.05) is 18.2 Å². The second kappa shape index (κ2) is 5.56. The average molecular weight is 273 g/mol. The van der Waals surface area contributed by atoms with Crippen molar-refractivity contribution in [1.29, 1.82) is 0 Å². The first-order chi connectivity index (χ1) is 9.52. The molecule has 6 heteroatoms. The molecule has 0 radical (unpaired) electrons. The highest BCUT2D eigenvalue weighted by Gasteiger charge is 2.18. The van der Waals surface area contributed by atoms with Crippen LogP contribution in [-0.2, 0) is 4.79 Å². The number of nitrogens with one attached hydrogen (secondary N) is 1. The smallest absolute Gasteiger partial charge is 0.339 e. The first kappa shape index (κ1) is 13.8. The van der Waals surface area contributed by atoms with Crippen LogP contribution in [0.3, 0.4) is 0 Å². The van der Waals surface area contributed by atoms with Crippen LogP contribution in [0.5, 0.6) is 0 Å². The quantitative estimate of drug-likeness (QED) is 0.872. The molecular weight excluding hydrogens is 258 g/mol. The van der Waals surface area contributed by atoms with Crippen molar-refractivity contribution in [2.24, 2.45) is 0 Å². The fourth-order valence-corrected chi connectivity index (χ4v) is 1.92. The number of fused-ring (bicyclic) bond motifs is 1. The van der Waals surface area contributed by atoms with E-state index in [0.717, 1.165) is 5.39 Å². The topological polar surface area (TPSA) is 82.5 Å². The van der Waals surface area contributed by atoms with Crippen molar-refractivity contribution >= 4 is 28.6 Å². The number of hydrogen-bond acceptors (Lipinski definition) is 4. The van der Waals surface area contributed by atoms with E-state index >= 15 is 0 Å². The van der Waals surface area contributed by atoms with Gasteiger partial charge in [-0.15, -0.1) is 0 Å². The largest absolute Gasteiger partial charge is 0.478 e. The third kappa shape index (κ3) is 2.69. The SMILES string of the molecule is CNC(=O)CN(C)c1nc2ccccc2cc1C(=O)O. The molecule has 0 fully saturated rings. The molecule has 0 saturated heterocycles. The molecule has 0 unspecified atom stereocenters. The van der Waals surface area contributed by atoms with Crippen LogP contribution in [-0.4, -0.2) is 42.6 Å². The number of aromatic carboxylic acids is 1. The first-order valence-electron chi connectivity index (χ1n) is 6.07. The van der Waals surface area contributed by atoms with Crippen LogP contribution in [0.2, 0.25) is 0 Å². The maximum absolute atomic E-state index is 11.4. The number of amides is 1. The van der Waals surface area contributed by atoms with Gasteiger partial charge in [-0.3, -0.25) is 4.79 Å². The fourth-order valence-electron chi connectivity index (χ4n) is 1.92. The fraction of sp³-hybridized carbons (Fsp3) is 0.214. The summed E-state index contributed by atoms with van der Waals surface area (Å²) in [5.41, 5.74) is 0.770. The highest BCUT2D eigenvalue weighted by Crippen LogP contribution is 2.22. The molecule has 1 aromatic heterocycles. The van der Waals surface area contributed by atoms with Gasteiger partial charge in [0.1, 0.15) is 11.4 Å². The Hall–Kier alpha value is -2.63. The maximum atomic E-state index is 11.4. The van der Waals surface area contributed by atoms with E-state index < -0.39 is 5.97 Å². The highest BCUT2D eigenvalue weighted by molar-refractivity contribution is 5.98. The van der Waals surface area contributed by atoms with Gasteiger partial charge in [0.25, 0.3) is 0 Å². The van der Waals surface area contributed by atoms with Crippen molar-refractivity contribution in [2.75, 3.05) is 25.5 Å². The zero-order valence-electron chi connectivity index (χ0n) is 11.3. The number of likely N-dealkylation sites (N-methyl/N-ethyl adjacent to an activating group) is 2. The molecule has 0 saturated carbocycles. The van der Waals surface area contributed by atoms with E-state index in [-0.39, 0.29) is 23.8 Å². The number of carbonyl (C=O) groups excluding carboxylic acids is 1. The summed E-state index contributed by atoms with van der Waals surface area (Å²) in [6.07, 6.45) is 0. The lowest BCUT2D eigenvalue weighted by Gasteiger charge is -2.19. The molecule has 1 amide bonds. The Labute approximate surface area is 116 Å². The first-order valence-corrected chi connectivity index (χ1v) is 6.07. The third-order valence-corrected chi connectivity index (χ3v) is 2.96. The number of carboxylic acid groups (broad SMARTS) is 1. The summed E-state index contributed by atoms with van der Waals surface area (Å²) < 4.78 is 0. The highest BCUT2D eigenvalue weighted by atomic mass is 16.4. The number of rotatable bonds is 4. The van der Waals surface area contributed by atoms with Gasteiger partial charge >= 0.3 is 5.97 Å². The zero-order valence-corrected chi connectivity index (χ0v) is 11.3. The second-order valence-electron chi connectivity index (χ2n) is 4.39. The molecule has 2 rings (SSSR count). The van der Waals surface area contributed by atoms with Gasteiger partial charge in [0, 0.05) is 19.5 Å². The summed E-state index contributed by atoms with van der Waals surface area (Å²) in [5.74, 6) is -0.999. The minimum atomic E-state index is -1.07. The van der Waals surface area contributed by atoms with Crippen molar-refractivity contribution < 1.29 is 14.7 Å². The Bertz CT molecular complexity index is 670. The van der Waals surface area contributed by atoms with E-state index in [9.17, 15) is 14.7 Å². The Kier molecular flexibility index (Phi) is 3.84. The zero-order chi connectivity index (χ0) is 14.7. The Balaban J connectivity index is 2.51. The molecule has 20 heavy (non-hydrogen) atoms. The standard InChI is InChI=1S/C14H15N3O3/c1-15-12(18)8-17(2)13-10(14(19)20)7-9-5-3-4-6-11(9)16-13/h3-7H,8H2,1-2H3,(H,15,18)(H,19,20). The molecule has 2 N–H and O–H groups in total. The summed E-state index contributed by atoms with van der Waals surface area (Å²) in [4.78, 5) is 28.6. The van der Waals surface area contributed by atoms with Gasteiger partial charge in [0.05, 0.1) is 12.1 Å². The average Bonchev–Trinajstić information content (AvgIpc) is 2.45. The van der Waals surface area contributed by atoms with Crippen LogP contribution in [0.25, 0.3) is 10.9 Å². The van der Waals surface area contributed by atoms with E-state index in [0.29, 0.717) is 5.52 Å². The molecule has 104 valence electrons. The molecule has 0 aliphatic carbocycles.